The number of pyridine rings is 1. The van der Waals surface area contributed by atoms with Crippen molar-refractivity contribution in [1.29, 1.82) is 21.0 Å². The summed E-state index contributed by atoms with van der Waals surface area (Å²) in [6, 6.07) is 26.2. The Hall–Kier alpha value is -5.75. The van der Waals surface area contributed by atoms with E-state index >= 15 is 0 Å². The van der Waals surface area contributed by atoms with Crippen LogP contribution in [0.1, 0.15) is 39.8 Å². The lowest BCUT2D eigenvalue weighted by Gasteiger charge is -2.15. The summed E-state index contributed by atoms with van der Waals surface area (Å²) in [7, 11) is 0. The number of nitrogens with zero attached hydrogens (tertiary/aromatic N) is 5. The van der Waals surface area contributed by atoms with Crippen LogP contribution < -0.4 is 0 Å². The summed E-state index contributed by atoms with van der Waals surface area (Å²) >= 11 is 0. The van der Waals surface area contributed by atoms with Crippen molar-refractivity contribution >= 4 is 28.0 Å². The molecule has 0 spiro atoms. The maximum atomic E-state index is 9.89. The van der Waals surface area contributed by atoms with E-state index in [1.807, 2.05) is 48.5 Å². The van der Waals surface area contributed by atoms with E-state index in [0.29, 0.717) is 28.0 Å². The second-order valence-electron chi connectivity index (χ2n) is 9.44. The average molecular weight is 482 g/mol. The van der Waals surface area contributed by atoms with Gasteiger partial charge in [0.05, 0.1) is 11.4 Å². The van der Waals surface area contributed by atoms with Crippen LogP contribution in [-0.4, -0.2) is 4.98 Å². The van der Waals surface area contributed by atoms with E-state index in [1.165, 1.54) is 5.56 Å². The topological polar surface area (TPSA) is 108 Å². The van der Waals surface area contributed by atoms with Gasteiger partial charge < -0.3 is 0 Å². The molecule has 3 aliphatic carbocycles. The van der Waals surface area contributed by atoms with Crippen LogP contribution in [0, 0.1) is 45.3 Å². The first kappa shape index (κ1) is 21.5. The van der Waals surface area contributed by atoms with Gasteiger partial charge in [-0.1, -0.05) is 60.7 Å². The van der Waals surface area contributed by atoms with E-state index in [0.717, 1.165) is 57.1 Å². The molecule has 0 saturated carbocycles. The highest BCUT2D eigenvalue weighted by atomic mass is 14.8. The van der Waals surface area contributed by atoms with E-state index in [1.54, 1.807) is 0 Å². The minimum Gasteiger partial charge on any atom is -0.246 e. The molecule has 5 nitrogen and oxygen atoms in total. The van der Waals surface area contributed by atoms with Gasteiger partial charge in [-0.2, -0.15) is 21.0 Å². The van der Waals surface area contributed by atoms with Crippen molar-refractivity contribution in [3.8, 4) is 46.8 Å². The molecule has 0 amide bonds. The monoisotopic (exact) mass is 481 g/mol. The van der Waals surface area contributed by atoms with Gasteiger partial charge in [0.15, 0.2) is 0 Å². The normalized spacial score (nSPS) is 13.3. The van der Waals surface area contributed by atoms with Crippen molar-refractivity contribution in [3.05, 3.63) is 105 Å². The molecule has 3 aliphatic rings. The maximum Gasteiger partial charge on any atom is 0.138 e. The summed E-state index contributed by atoms with van der Waals surface area (Å²) < 4.78 is 0. The third kappa shape index (κ3) is 2.68. The van der Waals surface area contributed by atoms with E-state index in [9.17, 15) is 21.0 Å². The van der Waals surface area contributed by atoms with Crippen LogP contribution in [0.2, 0.25) is 0 Å². The Morgan fingerprint density at radius 2 is 1.32 bits per heavy atom. The fourth-order valence-electron chi connectivity index (χ4n) is 6.09. The van der Waals surface area contributed by atoms with Gasteiger partial charge in [-0.3, -0.25) is 0 Å². The van der Waals surface area contributed by atoms with Crippen LogP contribution in [0.25, 0.3) is 50.5 Å². The molecule has 0 aliphatic heterocycles. The summed E-state index contributed by atoms with van der Waals surface area (Å²) in [6.07, 6.45) is 6.12. The van der Waals surface area contributed by atoms with Gasteiger partial charge in [-0.15, -0.1) is 0 Å². The minimum atomic E-state index is 0.00387. The molecule has 4 aromatic rings. The Morgan fingerprint density at radius 3 is 2.03 bits per heavy atom. The van der Waals surface area contributed by atoms with Gasteiger partial charge in [0.25, 0.3) is 0 Å². The molecule has 0 N–H and O–H groups in total. The molecule has 0 radical (unpaired) electrons. The summed E-state index contributed by atoms with van der Waals surface area (Å²) in [5.41, 5.74) is 9.54. The van der Waals surface area contributed by atoms with Crippen LogP contribution in [0.15, 0.2) is 71.8 Å². The van der Waals surface area contributed by atoms with Gasteiger partial charge >= 0.3 is 0 Å². The van der Waals surface area contributed by atoms with Gasteiger partial charge in [-0.25, -0.2) is 4.98 Å². The molecule has 38 heavy (non-hydrogen) atoms. The van der Waals surface area contributed by atoms with Gasteiger partial charge in [0.2, 0.25) is 0 Å². The highest BCUT2D eigenvalue weighted by Gasteiger charge is 2.36. The molecule has 0 atom stereocenters. The lowest BCUT2D eigenvalue weighted by atomic mass is 9.89. The van der Waals surface area contributed by atoms with Gasteiger partial charge in [0, 0.05) is 33.4 Å². The number of nitriles is 4. The van der Waals surface area contributed by atoms with E-state index in [-0.39, 0.29) is 11.1 Å². The van der Waals surface area contributed by atoms with Crippen molar-refractivity contribution in [2.75, 3.05) is 0 Å². The molecule has 0 fully saturated rings. The number of benzene rings is 3. The van der Waals surface area contributed by atoms with Gasteiger partial charge in [0.1, 0.15) is 35.4 Å². The molecule has 3 aromatic carbocycles. The van der Waals surface area contributed by atoms with E-state index in [2.05, 4.69) is 42.5 Å². The number of aryl methyl sites for hydroxylation is 1. The number of hydrogen-bond donors (Lipinski definition) is 0. The Morgan fingerprint density at radius 1 is 0.684 bits per heavy atom. The van der Waals surface area contributed by atoms with Gasteiger partial charge in [-0.05, 0) is 51.9 Å². The molecule has 172 valence electrons. The highest BCUT2D eigenvalue weighted by Crippen LogP contribution is 2.54. The average Bonchev–Trinajstić information content (AvgIpc) is 3.46. The number of allylic oxidation sites excluding steroid dienone is 3. The third-order valence-corrected chi connectivity index (χ3v) is 7.65. The highest BCUT2D eigenvalue weighted by molar-refractivity contribution is 6.14. The maximum absolute atomic E-state index is 9.89. The molecular formula is C33H15N5. The van der Waals surface area contributed by atoms with E-state index < -0.39 is 0 Å². The van der Waals surface area contributed by atoms with Crippen molar-refractivity contribution in [3.63, 3.8) is 0 Å². The first-order valence-corrected chi connectivity index (χ1v) is 12.2. The molecular weight excluding hydrogens is 466 g/mol. The standard InChI is InChI=1S/C33H15N5/c34-14-20(15-35)28-24-11-9-18-5-1-3-7-22(18)30(24)32-26(28)13-27-29(21(16-36)17-37)25-12-10-19-6-2-4-8-23(19)31(25)33(27)38-32/h1,3-5,7-13H,2,6H2. The molecule has 1 heterocycles. The van der Waals surface area contributed by atoms with Crippen LogP contribution in [0.4, 0.5) is 0 Å². The quantitative estimate of drug-likeness (QED) is 0.220. The Balaban J connectivity index is 1.68. The lowest BCUT2D eigenvalue weighted by molar-refractivity contribution is 0.986. The molecule has 7 rings (SSSR count). The molecule has 0 bridgehead atoms. The first-order chi connectivity index (χ1) is 18.7. The molecule has 0 saturated heterocycles. The SMILES string of the molecule is N#CC(C#N)=C1c2cc3c(nc2-c2c1ccc1c2C=CCC1)-c1c(ccc2ccccc12)C3=C(C#N)C#N. The number of aromatic nitrogens is 1. The van der Waals surface area contributed by atoms with Crippen LogP contribution in [0.3, 0.4) is 0 Å². The zero-order chi connectivity index (χ0) is 26.0. The predicted molar refractivity (Wildman–Crippen MR) is 144 cm³/mol. The first-order valence-electron chi connectivity index (χ1n) is 12.2. The van der Waals surface area contributed by atoms with E-state index in [4.69, 9.17) is 4.98 Å². The predicted octanol–water partition coefficient (Wildman–Crippen LogP) is 6.85. The second-order valence-corrected chi connectivity index (χ2v) is 9.44. The second kappa shape index (κ2) is 7.88. The number of hydrogen-bond acceptors (Lipinski definition) is 5. The fourth-order valence-corrected chi connectivity index (χ4v) is 6.09. The molecule has 5 heteroatoms. The lowest BCUT2D eigenvalue weighted by Crippen LogP contribution is -1.98. The number of rotatable bonds is 0. The van der Waals surface area contributed by atoms with Crippen molar-refractivity contribution in [2.24, 2.45) is 0 Å². The van der Waals surface area contributed by atoms with Crippen LogP contribution >= 0.6 is 0 Å². The fraction of sp³-hybridized carbons (Fsp3) is 0.0606. The zero-order valence-electron chi connectivity index (χ0n) is 20.0. The summed E-state index contributed by atoms with van der Waals surface area (Å²) in [5, 5.41) is 41.6. The molecule has 0 unspecified atom stereocenters. The number of fused-ring (bicyclic) bond motifs is 10. The van der Waals surface area contributed by atoms with Crippen molar-refractivity contribution < 1.29 is 0 Å². The minimum absolute atomic E-state index is 0.00387. The summed E-state index contributed by atoms with van der Waals surface area (Å²) in [5.74, 6) is 0. The largest absolute Gasteiger partial charge is 0.246 e. The summed E-state index contributed by atoms with van der Waals surface area (Å²) in [4.78, 5) is 5.24. The summed E-state index contributed by atoms with van der Waals surface area (Å²) in [6.45, 7) is 0. The Bertz CT molecular complexity index is 2030. The van der Waals surface area contributed by atoms with Crippen molar-refractivity contribution in [2.45, 2.75) is 12.8 Å². The Labute approximate surface area is 218 Å². The zero-order valence-corrected chi connectivity index (χ0v) is 20.0. The smallest absolute Gasteiger partial charge is 0.138 e. The Kier molecular flexibility index (Phi) is 4.46. The third-order valence-electron chi connectivity index (χ3n) is 7.65. The van der Waals surface area contributed by atoms with Crippen LogP contribution in [-0.2, 0) is 6.42 Å². The van der Waals surface area contributed by atoms with Crippen molar-refractivity contribution in [1.82, 2.24) is 4.98 Å². The molecule has 1 aromatic heterocycles. The van der Waals surface area contributed by atoms with Crippen LogP contribution in [0.5, 0.6) is 0 Å².